The average molecular weight is 2000 g/mol. The molecule has 2 aromatic carbocycles. The summed E-state index contributed by atoms with van der Waals surface area (Å²) in [5.41, 5.74) is 6.42. The molecule has 0 saturated carbocycles. The number of aliphatic hydroxyl groups excluding tert-OH is 4. The van der Waals surface area contributed by atoms with E-state index in [9.17, 15) is 83.1 Å². The van der Waals surface area contributed by atoms with Crippen molar-refractivity contribution >= 4 is 77.0 Å². The SMILES string of the molecule is CCCNC(=O)[C@H](CCCCNC(=O)CCOCCOCCOCCOCCOCCOCCOCCOCCOCCOCCOCCOC(=O)Nc1cc(COC(=O)N(C)[C@H](C(=O)N[C@H](C(=O)N(C)[C@@H]([C@@H](C)CC)[C@@H](CC(=O)N2CCC[C@H]2[C@H](OC)[C@@H](C)C(=O)N[C@H](C)[C@@H](O)c2ccccc2)OC)C(C)C)C(C)C)ccc1O[C@@H]1O[C@H](C(=O)O)[C@@H](O)[C@H](O)[C@H]1O)NC(=O)[C@@H](CN)N1C(=O)C=CC1=O. The number of carboxylic acids is 1. The van der Waals surface area contributed by atoms with E-state index in [1.807, 2.05) is 26.8 Å². The summed E-state index contributed by atoms with van der Waals surface area (Å²) in [6, 6.07) is 6.62. The summed E-state index contributed by atoms with van der Waals surface area (Å²) < 4.78 is 95.3. The number of aliphatic hydroxyl groups is 4. The number of unbranched alkanes of at least 4 members (excludes halogenated alkanes) is 1. The van der Waals surface area contributed by atoms with Crippen molar-refractivity contribution < 1.29 is 164 Å². The first-order valence-electron chi connectivity index (χ1n) is 48.1. The van der Waals surface area contributed by atoms with Crippen molar-refractivity contribution in [2.75, 3.05) is 212 Å². The molecule has 45 heteroatoms. The van der Waals surface area contributed by atoms with E-state index < -0.39 is 169 Å². The van der Waals surface area contributed by atoms with Gasteiger partial charge in [-0.1, -0.05) is 98.2 Å². The van der Waals surface area contributed by atoms with Crippen molar-refractivity contribution in [1.29, 1.82) is 0 Å². The number of aliphatic carboxylic acids is 1. The van der Waals surface area contributed by atoms with E-state index in [2.05, 4.69) is 31.9 Å². The first-order valence-corrected chi connectivity index (χ1v) is 48.1. The molecule has 5 rings (SSSR count). The number of amides is 11. The maximum atomic E-state index is 14.9. The second kappa shape index (κ2) is 68.0. The number of likely N-dealkylation sites (N-methyl/N-ethyl adjacent to an activating group) is 2. The Morgan fingerprint density at radius 3 is 1.61 bits per heavy atom. The molecule has 3 heterocycles. The fourth-order valence-electron chi connectivity index (χ4n) is 15.6. The zero-order chi connectivity index (χ0) is 103. The van der Waals surface area contributed by atoms with Gasteiger partial charge in [-0.15, -0.1) is 0 Å². The van der Waals surface area contributed by atoms with Crippen LogP contribution < -0.4 is 42.4 Å². The number of carboxylic acid groups (broad SMARTS) is 1. The van der Waals surface area contributed by atoms with Gasteiger partial charge >= 0.3 is 18.2 Å². The Morgan fingerprint density at radius 2 is 1.12 bits per heavy atom. The van der Waals surface area contributed by atoms with Gasteiger partial charge in [0.05, 0.1) is 200 Å². The summed E-state index contributed by atoms with van der Waals surface area (Å²) >= 11 is 0. The van der Waals surface area contributed by atoms with Crippen LogP contribution >= 0.6 is 0 Å². The van der Waals surface area contributed by atoms with Crippen LogP contribution in [-0.2, 0) is 130 Å². The zero-order valence-corrected chi connectivity index (χ0v) is 83.3. The van der Waals surface area contributed by atoms with E-state index in [1.54, 1.807) is 77.8 Å². The van der Waals surface area contributed by atoms with Gasteiger partial charge in [0.2, 0.25) is 47.6 Å². The molecule has 140 heavy (non-hydrogen) atoms. The quantitative estimate of drug-likeness (QED) is 0.0330. The third-order valence-corrected chi connectivity index (χ3v) is 23.5. The molecular formula is C95H155N11O34. The van der Waals surface area contributed by atoms with Gasteiger partial charge in [-0.3, -0.25) is 58.3 Å². The standard InChI is InChI=1S/C95H155N11O34/c1-14-31-98-88(116)68(100-89(117)71(59-96)106-75(108)28-29-76(106)109)24-19-20-32-97-74(107)30-34-126-35-36-127-37-38-128-39-40-129-41-42-130-43-44-131-45-46-132-47-48-133-49-50-134-51-52-135-53-54-136-55-56-137-94(122)101-69-57-66(26-27-72(69)139-93-84(114)82(112)83(113)86(140-93)92(120)121)60-138-95(123)104(11)79(62(5)6)90(118)102-78(61(3)4)91(119)103(10)80(63(7)15-2)73(124-12)58-77(110)105-33-21-25-70(105)85(125-13)64(8)87(115)99-65(9)81(111)67-22-17-16-18-23-67/h16-18,22-23,26-29,57,61-65,68,70-71,73,78-86,93,111-114H,14-15,19-21,24-25,30-56,58-60,96H2,1-13H3,(H,97,107)(H,98,116)(H,99,115)(H,100,117)(H,101,122)(H,102,118)(H,120,121)/t63-,64+,65+,68-,70-,71+,73+,78-,79-,80-,81+,82-,83-,84+,85+,86-,93+/m0/s1. The summed E-state index contributed by atoms with van der Waals surface area (Å²) in [6.45, 7) is 23.0. The molecule has 11 amide bonds. The van der Waals surface area contributed by atoms with Crippen LogP contribution in [-0.4, -0.2) is 408 Å². The number of likely N-dealkylation sites (tertiary alicyclic amines) is 1. The lowest BCUT2D eigenvalue weighted by atomic mass is 9.89. The maximum Gasteiger partial charge on any atom is 0.411 e. The summed E-state index contributed by atoms with van der Waals surface area (Å²) in [5.74, 6) is -8.33. The third-order valence-electron chi connectivity index (χ3n) is 23.5. The van der Waals surface area contributed by atoms with Crippen LogP contribution in [0.4, 0.5) is 15.3 Å². The molecule has 2 fully saturated rings. The van der Waals surface area contributed by atoms with Crippen molar-refractivity contribution in [2.45, 2.75) is 218 Å². The number of imide groups is 1. The zero-order valence-electron chi connectivity index (χ0n) is 83.3. The van der Waals surface area contributed by atoms with Gasteiger partial charge in [0, 0.05) is 73.1 Å². The van der Waals surface area contributed by atoms with Crippen molar-refractivity contribution in [3.63, 3.8) is 0 Å². The summed E-state index contributed by atoms with van der Waals surface area (Å²) in [5, 5.41) is 69.0. The monoisotopic (exact) mass is 1990 g/mol. The molecule has 0 bridgehead atoms. The second-order valence-corrected chi connectivity index (χ2v) is 34.6. The summed E-state index contributed by atoms with van der Waals surface area (Å²) in [7, 11) is 5.92. The second-order valence-electron chi connectivity index (χ2n) is 34.6. The molecule has 17 atom stereocenters. The highest BCUT2D eigenvalue weighted by Crippen LogP contribution is 2.34. The van der Waals surface area contributed by atoms with Gasteiger partial charge in [0.25, 0.3) is 11.8 Å². The molecular weight excluding hydrogens is 1840 g/mol. The Kier molecular flexibility index (Phi) is 58.8. The van der Waals surface area contributed by atoms with Crippen LogP contribution in [0.25, 0.3) is 0 Å². The molecule has 0 unspecified atom stereocenters. The number of benzene rings is 2. The molecule has 3 aliphatic rings. The number of nitrogens with two attached hydrogens (primary N) is 1. The molecule has 13 N–H and O–H groups in total. The number of anilines is 1. The highest BCUT2D eigenvalue weighted by molar-refractivity contribution is 6.15. The Labute approximate surface area is 820 Å². The summed E-state index contributed by atoms with van der Waals surface area (Å²) in [4.78, 5) is 165. The topological polar surface area (TPSA) is 574 Å². The number of hydrogen-bond donors (Lipinski definition) is 12. The maximum absolute atomic E-state index is 14.9. The lowest BCUT2D eigenvalue weighted by Crippen LogP contribution is -2.61. The van der Waals surface area contributed by atoms with Gasteiger partial charge in [-0.2, -0.15) is 0 Å². The van der Waals surface area contributed by atoms with E-state index in [0.717, 1.165) is 22.0 Å². The van der Waals surface area contributed by atoms with E-state index >= 15 is 0 Å². The largest absolute Gasteiger partial charge is 0.479 e. The number of nitrogens with one attached hydrogen (secondary N) is 6. The Balaban J connectivity index is 0.910. The average Bonchev–Trinajstić information content (AvgIpc) is 1.12. The summed E-state index contributed by atoms with van der Waals surface area (Å²) in [6.07, 6.45) is -8.66. The van der Waals surface area contributed by atoms with E-state index in [-0.39, 0.29) is 113 Å². The van der Waals surface area contributed by atoms with Gasteiger partial charge in [0.1, 0.15) is 61.4 Å². The third kappa shape index (κ3) is 42.3. The van der Waals surface area contributed by atoms with Crippen LogP contribution in [0.2, 0.25) is 0 Å². The minimum absolute atomic E-state index is 0.0650. The minimum Gasteiger partial charge on any atom is -0.479 e. The highest BCUT2D eigenvalue weighted by atomic mass is 16.7. The number of carbonyl (C=O) groups excluding carboxylic acids is 11. The smallest absolute Gasteiger partial charge is 0.411 e. The normalized spacial score (nSPS) is 18.8. The lowest BCUT2D eigenvalue weighted by molar-refractivity contribution is -0.271. The van der Waals surface area contributed by atoms with E-state index in [0.29, 0.717) is 169 Å². The van der Waals surface area contributed by atoms with Crippen molar-refractivity contribution in [2.24, 2.45) is 29.4 Å². The molecule has 0 spiro atoms. The van der Waals surface area contributed by atoms with Crippen LogP contribution in [0.5, 0.6) is 5.75 Å². The predicted octanol–water partition coefficient (Wildman–Crippen LogP) is 1.52. The molecule has 2 aromatic rings. The number of rotatable bonds is 74. The van der Waals surface area contributed by atoms with Gasteiger partial charge in [-0.25, -0.2) is 14.4 Å². The Hall–Kier alpha value is -9.34. The molecule has 2 saturated heterocycles. The van der Waals surface area contributed by atoms with Gasteiger partial charge in [-0.05, 0) is 86.5 Å². The highest BCUT2D eigenvalue weighted by Gasteiger charge is 2.50. The van der Waals surface area contributed by atoms with Crippen LogP contribution in [0, 0.1) is 23.7 Å². The van der Waals surface area contributed by atoms with Crippen LogP contribution in [0.1, 0.15) is 137 Å². The van der Waals surface area contributed by atoms with E-state index in [1.165, 1.54) is 44.4 Å². The fourth-order valence-corrected chi connectivity index (χ4v) is 15.6. The first-order chi connectivity index (χ1) is 67.2. The molecule has 0 radical (unpaired) electrons. The molecule has 3 aliphatic heterocycles. The van der Waals surface area contributed by atoms with Crippen LogP contribution in [0.15, 0.2) is 60.7 Å². The Morgan fingerprint density at radius 1 is 0.586 bits per heavy atom. The van der Waals surface area contributed by atoms with Crippen molar-refractivity contribution in [3.05, 3.63) is 71.8 Å². The molecule has 0 aromatic heterocycles. The molecule has 45 nitrogen and oxygen atoms in total. The van der Waals surface area contributed by atoms with Crippen molar-refractivity contribution in [3.8, 4) is 5.75 Å². The van der Waals surface area contributed by atoms with Gasteiger partial charge in [0.15, 0.2) is 6.10 Å². The number of methoxy groups -OCH3 is 2. The molecule has 0 aliphatic carbocycles. The van der Waals surface area contributed by atoms with Crippen molar-refractivity contribution in [1.82, 2.24) is 46.2 Å². The molecule has 794 valence electrons. The minimum atomic E-state index is -2.04. The fraction of sp³-hybridized carbons (Fsp3) is 0.726. The van der Waals surface area contributed by atoms with Gasteiger partial charge < -0.3 is 148 Å². The number of nitrogens with zero attached hydrogens (tertiary/aromatic N) is 4. The predicted molar refractivity (Wildman–Crippen MR) is 504 cm³/mol. The Bertz CT molecular complexity index is 4020. The lowest BCUT2D eigenvalue weighted by Gasteiger charge is -2.41. The van der Waals surface area contributed by atoms with Crippen LogP contribution in [0.3, 0.4) is 0 Å². The number of ether oxygens (including phenoxy) is 17. The number of carbonyl (C=O) groups is 12. The first kappa shape index (κ1) is 121. The number of hydrogen-bond acceptors (Lipinski definition) is 34. The van der Waals surface area contributed by atoms with E-state index in [4.69, 9.17) is 86.3 Å².